The first-order valence-electron chi connectivity index (χ1n) is 7.42. The molecule has 0 spiro atoms. The van der Waals surface area contributed by atoms with Crippen molar-refractivity contribution in [2.24, 2.45) is 11.7 Å². The molecule has 0 radical (unpaired) electrons. The van der Waals surface area contributed by atoms with Crippen LogP contribution in [0.3, 0.4) is 0 Å². The standard InChI is InChI=1S/C14H25N3O4/c1-9(2)8-10(16-14(15)21)12(18)17-7-5-3-4-6-11(17)13(19)20/h9-11H,3-8H2,1-2H3,(H,19,20)(H3,15,16,21). The van der Waals surface area contributed by atoms with Crippen molar-refractivity contribution < 1.29 is 19.5 Å². The summed E-state index contributed by atoms with van der Waals surface area (Å²) in [5.41, 5.74) is 5.12. The Morgan fingerprint density at radius 2 is 1.95 bits per heavy atom. The second kappa shape index (κ2) is 7.85. The van der Waals surface area contributed by atoms with Gasteiger partial charge in [-0.05, 0) is 25.2 Å². The van der Waals surface area contributed by atoms with Crippen molar-refractivity contribution in [3.8, 4) is 0 Å². The lowest BCUT2D eigenvalue weighted by Gasteiger charge is -2.31. The van der Waals surface area contributed by atoms with Crippen molar-refractivity contribution in [1.82, 2.24) is 10.2 Å². The number of nitrogens with two attached hydrogens (primary N) is 1. The Morgan fingerprint density at radius 3 is 2.48 bits per heavy atom. The minimum Gasteiger partial charge on any atom is -0.480 e. The van der Waals surface area contributed by atoms with E-state index >= 15 is 0 Å². The number of urea groups is 1. The third-order valence-corrected chi connectivity index (χ3v) is 3.64. The first kappa shape index (κ1) is 17.3. The molecule has 2 atom stereocenters. The average Bonchev–Trinajstić information content (AvgIpc) is 2.61. The summed E-state index contributed by atoms with van der Waals surface area (Å²) in [6.45, 7) is 4.27. The number of carbonyl (C=O) groups excluding carboxylic acids is 2. The van der Waals surface area contributed by atoms with Crippen LogP contribution in [0, 0.1) is 5.92 Å². The van der Waals surface area contributed by atoms with Crippen LogP contribution >= 0.6 is 0 Å². The van der Waals surface area contributed by atoms with Crippen molar-refractivity contribution in [2.45, 2.75) is 58.0 Å². The smallest absolute Gasteiger partial charge is 0.326 e. The third kappa shape index (κ3) is 5.24. The summed E-state index contributed by atoms with van der Waals surface area (Å²) in [5, 5.41) is 11.8. The molecular weight excluding hydrogens is 274 g/mol. The molecule has 7 heteroatoms. The van der Waals surface area contributed by atoms with Crippen molar-refractivity contribution in [3.05, 3.63) is 0 Å². The van der Waals surface area contributed by atoms with E-state index in [0.717, 1.165) is 19.3 Å². The number of hydrogen-bond acceptors (Lipinski definition) is 3. The second-order valence-corrected chi connectivity index (χ2v) is 5.93. The highest BCUT2D eigenvalue weighted by Crippen LogP contribution is 2.19. The molecule has 1 aliphatic heterocycles. The zero-order valence-electron chi connectivity index (χ0n) is 12.7. The molecule has 0 aromatic rings. The number of rotatable bonds is 5. The Balaban J connectivity index is 2.91. The van der Waals surface area contributed by atoms with E-state index in [-0.39, 0.29) is 11.8 Å². The van der Waals surface area contributed by atoms with Gasteiger partial charge in [-0.25, -0.2) is 9.59 Å². The van der Waals surface area contributed by atoms with Crippen molar-refractivity contribution in [2.75, 3.05) is 6.54 Å². The monoisotopic (exact) mass is 299 g/mol. The third-order valence-electron chi connectivity index (χ3n) is 3.64. The van der Waals surface area contributed by atoms with E-state index in [2.05, 4.69) is 5.32 Å². The quantitative estimate of drug-likeness (QED) is 0.700. The van der Waals surface area contributed by atoms with Gasteiger partial charge in [0.1, 0.15) is 12.1 Å². The molecule has 0 aromatic carbocycles. The Labute approximate surface area is 124 Å². The summed E-state index contributed by atoms with van der Waals surface area (Å²) < 4.78 is 0. The number of hydrogen-bond donors (Lipinski definition) is 3. The van der Waals surface area contributed by atoms with Gasteiger partial charge < -0.3 is 21.1 Å². The Kier molecular flexibility index (Phi) is 6.45. The molecule has 21 heavy (non-hydrogen) atoms. The van der Waals surface area contributed by atoms with Crippen LogP contribution in [-0.4, -0.2) is 46.5 Å². The van der Waals surface area contributed by atoms with E-state index in [0.29, 0.717) is 19.4 Å². The molecule has 1 rings (SSSR count). The fraction of sp³-hybridized carbons (Fsp3) is 0.786. The lowest BCUT2D eigenvalue weighted by Crippen LogP contribution is -2.54. The van der Waals surface area contributed by atoms with E-state index in [1.807, 2.05) is 13.8 Å². The number of nitrogens with one attached hydrogen (secondary N) is 1. The maximum atomic E-state index is 12.6. The van der Waals surface area contributed by atoms with Gasteiger partial charge in [0.15, 0.2) is 0 Å². The number of amides is 3. The van der Waals surface area contributed by atoms with E-state index in [1.54, 1.807) is 0 Å². The van der Waals surface area contributed by atoms with Gasteiger partial charge in [-0.1, -0.05) is 26.7 Å². The molecule has 4 N–H and O–H groups in total. The van der Waals surface area contributed by atoms with Crippen LogP contribution in [0.1, 0.15) is 46.0 Å². The Bertz CT molecular complexity index is 398. The number of carbonyl (C=O) groups is 3. The summed E-state index contributed by atoms with van der Waals surface area (Å²) in [7, 11) is 0. The zero-order chi connectivity index (χ0) is 16.0. The minimum absolute atomic E-state index is 0.182. The van der Waals surface area contributed by atoms with Crippen LogP contribution in [0.5, 0.6) is 0 Å². The molecule has 3 amide bonds. The molecule has 1 saturated heterocycles. The summed E-state index contributed by atoms with van der Waals surface area (Å²) in [5.74, 6) is -1.16. The molecule has 1 aliphatic rings. The summed E-state index contributed by atoms with van der Waals surface area (Å²) >= 11 is 0. The lowest BCUT2D eigenvalue weighted by molar-refractivity contribution is -0.151. The predicted octanol–water partition coefficient (Wildman–Crippen LogP) is 0.925. The highest BCUT2D eigenvalue weighted by atomic mass is 16.4. The lowest BCUT2D eigenvalue weighted by atomic mass is 10.0. The van der Waals surface area contributed by atoms with E-state index in [4.69, 9.17) is 5.73 Å². The minimum atomic E-state index is -0.993. The van der Waals surface area contributed by atoms with Crippen molar-refractivity contribution in [3.63, 3.8) is 0 Å². The zero-order valence-corrected chi connectivity index (χ0v) is 12.7. The number of primary amides is 1. The molecule has 2 unspecified atom stereocenters. The molecule has 1 fully saturated rings. The van der Waals surface area contributed by atoms with Crippen LogP contribution in [0.2, 0.25) is 0 Å². The Hall–Kier alpha value is -1.79. The van der Waals surface area contributed by atoms with Gasteiger partial charge in [-0.2, -0.15) is 0 Å². The number of aliphatic carboxylic acids is 1. The molecule has 0 aromatic heterocycles. The SMILES string of the molecule is CC(C)CC(NC(N)=O)C(=O)N1CCCCCC1C(=O)O. The first-order valence-corrected chi connectivity index (χ1v) is 7.42. The first-order chi connectivity index (χ1) is 9.82. The maximum Gasteiger partial charge on any atom is 0.326 e. The van der Waals surface area contributed by atoms with Crippen LogP contribution in [-0.2, 0) is 9.59 Å². The number of carboxylic acids is 1. The molecule has 7 nitrogen and oxygen atoms in total. The molecule has 0 bridgehead atoms. The van der Waals surface area contributed by atoms with Crippen molar-refractivity contribution in [1.29, 1.82) is 0 Å². The molecule has 1 heterocycles. The van der Waals surface area contributed by atoms with Crippen LogP contribution < -0.4 is 11.1 Å². The highest BCUT2D eigenvalue weighted by Gasteiger charge is 2.35. The summed E-state index contributed by atoms with van der Waals surface area (Å²) in [6.07, 6.45) is 3.36. The topological polar surface area (TPSA) is 113 Å². The molecule has 0 aliphatic carbocycles. The van der Waals surface area contributed by atoms with Gasteiger partial charge in [0.2, 0.25) is 5.91 Å². The second-order valence-electron chi connectivity index (χ2n) is 5.93. The maximum absolute atomic E-state index is 12.6. The number of likely N-dealkylation sites (tertiary alicyclic amines) is 1. The fourth-order valence-electron chi connectivity index (χ4n) is 2.69. The normalized spacial score (nSPS) is 20.7. The van der Waals surface area contributed by atoms with Gasteiger partial charge in [0, 0.05) is 6.54 Å². The van der Waals surface area contributed by atoms with Gasteiger partial charge in [0.25, 0.3) is 0 Å². The van der Waals surface area contributed by atoms with Gasteiger partial charge in [0.05, 0.1) is 0 Å². The predicted molar refractivity (Wildman–Crippen MR) is 77.6 cm³/mol. The molecule has 120 valence electrons. The summed E-state index contributed by atoms with van der Waals surface area (Å²) in [4.78, 5) is 36.5. The van der Waals surface area contributed by atoms with Crippen LogP contribution in [0.15, 0.2) is 0 Å². The van der Waals surface area contributed by atoms with E-state index in [9.17, 15) is 19.5 Å². The highest BCUT2D eigenvalue weighted by molar-refractivity contribution is 5.89. The van der Waals surface area contributed by atoms with Gasteiger partial charge in [-0.15, -0.1) is 0 Å². The number of carboxylic acid groups (broad SMARTS) is 1. The van der Waals surface area contributed by atoms with E-state index < -0.39 is 24.1 Å². The van der Waals surface area contributed by atoms with Gasteiger partial charge >= 0.3 is 12.0 Å². The van der Waals surface area contributed by atoms with E-state index in [1.165, 1.54) is 4.90 Å². The number of nitrogens with zero attached hydrogens (tertiary/aromatic N) is 1. The molecule has 0 saturated carbocycles. The Morgan fingerprint density at radius 1 is 1.29 bits per heavy atom. The summed E-state index contributed by atoms with van der Waals surface area (Å²) in [6, 6.07) is -2.34. The fourth-order valence-corrected chi connectivity index (χ4v) is 2.69. The van der Waals surface area contributed by atoms with Crippen LogP contribution in [0.4, 0.5) is 4.79 Å². The van der Waals surface area contributed by atoms with Gasteiger partial charge in [-0.3, -0.25) is 4.79 Å². The largest absolute Gasteiger partial charge is 0.480 e. The van der Waals surface area contributed by atoms with Crippen molar-refractivity contribution >= 4 is 17.9 Å². The molecular formula is C14H25N3O4. The van der Waals surface area contributed by atoms with Crippen LogP contribution in [0.25, 0.3) is 0 Å². The average molecular weight is 299 g/mol.